The van der Waals surface area contributed by atoms with E-state index in [0.29, 0.717) is 0 Å². The van der Waals surface area contributed by atoms with Crippen LogP contribution in [-0.4, -0.2) is 55.1 Å². The lowest BCUT2D eigenvalue weighted by Gasteiger charge is -2.40. The average Bonchev–Trinajstić information content (AvgIpc) is 3.54. The van der Waals surface area contributed by atoms with E-state index in [1.165, 1.54) is 17.9 Å². The van der Waals surface area contributed by atoms with Crippen LogP contribution in [-0.2, 0) is 59.1 Å². The van der Waals surface area contributed by atoms with Crippen LogP contribution in [0.15, 0.2) is 102 Å². The monoisotopic (exact) mass is 689 g/mol. The summed E-state index contributed by atoms with van der Waals surface area (Å²) >= 11 is 0. The molecular weight excluding hydrogens is 653 g/mol. The van der Waals surface area contributed by atoms with Gasteiger partial charge in [-0.2, -0.15) is 4.98 Å². The van der Waals surface area contributed by atoms with Crippen LogP contribution in [0.3, 0.4) is 0 Å². The van der Waals surface area contributed by atoms with E-state index in [9.17, 15) is 19.3 Å². The van der Waals surface area contributed by atoms with Crippen molar-refractivity contribution < 1.29 is 37.5 Å². The lowest BCUT2D eigenvalue weighted by Crippen LogP contribution is -2.48. The maximum atomic E-state index is 14.3. The van der Waals surface area contributed by atoms with Crippen LogP contribution in [0.4, 0.5) is 5.95 Å². The number of esters is 1. The highest BCUT2D eigenvalue weighted by Crippen LogP contribution is 2.54. The summed E-state index contributed by atoms with van der Waals surface area (Å²) in [5, 5.41) is 11.7. The zero-order chi connectivity index (χ0) is 34.4. The molecule has 0 aliphatic carbocycles. The first-order chi connectivity index (χ1) is 23.7. The minimum absolute atomic E-state index is 0.00978. The Balaban J connectivity index is 1.28. The number of phosphoric ester groups is 1. The number of hydrogen-bond acceptors (Lipinski definition) is 12. The molecular formula is C34H36N5O9P. The topological polar surface area (TPSA) is 179 Å². The third-order valence-corrected chi connectivity index (χ3v) is 9.38. The molecule has 0 bridgehead atoms. The Morgan fingerprint density at radius 3 is 2.12 bits per heavy atom. The molecule has 5 aromatic rings. The minimum Gasteiger partial charge on any atom is -0.463 e. The van der Waals surface area contributed by atoms with Gasteiger partial charge in [-0.1, -0.05) is 91.0 Å². The zero-order valence-corrected chi connectivity index (χ0v) is 27.5. The molecule has 6 rings (SSSR count). The number of rotatable bonds is 13. The Hall–Kier alpha value is -4.69. The van der Waals surface area contributed by atoms with Gasteiger partial charge < -0.3 is 20.3 Å². The van der Waals surface area contributed by atoms with Crippen LogP contribution in [0.5, 0.6) is 0 Å². The van der Waals surface area contributed by atoms with Crippen molar-refractivity contribution in [2.45, 2.75) is 50.6 Å². The summed E-state index contributed by atoms with van der Waals surface area (Å²) in [6.07, 6.45) is -3.62. The molecule has 3 aromatic carbocycles. The number of aliphatic hydroxyl groups is 1. The van der Waals surface area contributed by atoms with Crippen molar-refractivity contribution in [3.8, 4) is 0 Å². The minimum atomic E-state index is -4.38. The lowest BCUT2D eigenvalue weighted by molar-refractivity contribution is -0.207. The third-order valence-electron chi connectivity index (χ3n) is 7.96. The number of aromatic nitrogens is 4. The van der Waals surface area contributed by atoms with Crippen LogP contribution >= 0.6 is 7.82 Å². The first kappa shape index (κ1) is 34.2. The number of benzene rings is 3. The molecule has 2 aromatic heterocycles. The number of nitrogens with two attached hydrogens (primary N) is 1. The van der Waals surface area contributed by atoms with Crippen LogP contribution in [0, 0.1) is 0 Å². The summed E-state index contributed by atoms with van der Waals surface area (Å²) < 4.78 is 46.3. The summed E-state index contributed by atoms with van der Waals surface area (Å²) in [4.78, 5) is 34.1. The highest BCUT2D eigenvalue weighted by Gasteiger charge is 2.45. The van der Waals surface area contributed by atoms with Crippen molar-refractivity contribution in [1.29, 1.82) is 0 Å². The molecule has 49 heavy (non-hydrogen) atoms. The molecule has 14 nitrogen and oxygen atoms in total. The highest BCUT2D eigenvalue weighted by atomic mass is 31.2. The first-order valence-corrected chi connectivity index (χ1v) is 17.0. The predicted octanol–water partition coefficient (Wildman–Crippen LogP) is 4.07. The maximum Gasteiger partial charge on any atom is 0.475 e. The fourth-order valence-electron chi connectivity index (χ4n) is 5.33. The molecule has 15 heteroatoms. The number of hydrogen-bond donors (Lipinski definition) is 2. The van der Waals surface area contributed by atoms with Gasteiger partial charge in [0.05, 0.1) is 32.1 Å². The number of carbonyl (C=O) groups is 1. The van der Waals surface area contributed by atoms with E-state index in [4.69, 9.17) is 28.8 Å². The number of phosphoric acid groups is 1. The largest absolute Gasteiger partial charge is 0.475 e. The SMILES string of the molecule is Cn1c(N)nc2c(ncn2[C@@H]2O[C@H](COC(=O)Cc3ccccc3)C[C@H](OP(=O)(OCc3ccccc3)OCc3ccccc3)[C@H]2O)c1=O. The smallest absolute Gasteiger partial charge is 0.463 e. The Kier molecular flexibility index (Phi) is 10.6. The van der Waals surface area contributed by atoms with Crippen molar-refractivity contribution in [2.24, 2.45) is 7.05 Å². The number of imidazole rings is 1. The average molecular weight is 690 g/mol. The maximum absolute atomic E-state index is 14.3. The number of nitrogens with zero attached hydrogens (tertiary/aromatic N) is 4. The van der Waals surface area contributed by atoms with E-state index in [2.05, 4.69) is 9.97 Å². The van der Waals surface area contributed by atoms with E-state index < -0.39 is 43.9 Å². The molecule has 0 saturated carbocycles. The lowest BCUT2D eigenvalue weighted by atomic mass is 10.0. The molecule has 1 saturated heterocycles. The van der Waals surface area contributed by atoms with Crippen molar-refractivity contribution in [2.75, 3.05) is 12.3 Å². The fraction of sp³-hybridized carbons (Fsp3) is 0.294. The number of anilines is 1. The molecule has 1 aliphatic heterocycles. The van der Waals surface area contributed by atoms with E-state index in [1.807, 2.05) is 66.7 Å². The highest BCUT2D eigenvalue weighted by molar-refractivity contribution is 7.48. The zero-order valence-electron chi connectivity index (χ0n) is 26.6. The predicted molar refractivity (Wildman–Crippen MR) is 178 cm³/mol. The second kappa shape index (κ2) is 15.2. The van der Waals surface area contributed by atoms with Gasteiger partial charge in [0.25, 0.3) is 5.56 Å². The molecule has 0 radical (unpaired) electrons. The van der Waals surface area contributed by atoms with Gasteiger partial charge in [0.15, 0.2) is 17.4 Å². The molecule has 0 amide bonds. The van der Waals surface area contributed by atoms with Gasteiger partial charge in [0, 0.05) is 13.5 Å². The summed E-state index contributed by atoms with van der Waals surface area (Å²) in [5.41, 5.74) is 7.73. The second-order valence-electron chi connectivity index (χ2n) is 11.5. The van der Waals surface area contributed by atoms with Crippen LogP contribution in [0.25, 0.3) is 11.2 Å². The van der Waals surface area contributed by atoms with Crippen LogP contribution in [0.2, 0.25) is 0 Å². The molecule has 1 fully saturated rings. The third kappa shape index (κ3) is 8.31. The van der Waals surface area contributed by atoms with Crippen molar-refractivity contribution >= 4 is 30.9 Å². The second-order valence-corrected chi connectivity index (χ2v) is 13.1. The normalized spacial score (nSPS) is 19.6. The number of carbonyl (C=O) groups excluding carboxylic acids is 1. The molecule has 0 spiro atoms. The van der Waals surface area contributed by atoms with Crippen LogP contribution < -0.4 is 11.3 Å². The Labute approximate surface area is 281 Å². The van der Waals surface area contributed by atoms with Crippen molar-refractivity contribution in [3.63, 3.8) is 0 Å². The van der Waals surface area contributed by atoms with E-state index in [-0.39, 0.29) is 49.8 Å². The van der Waals surface area contributed by atoms with Gasteiger partial charge in [-0.3, -0.25) is 32.3 Å². The molecule has 3 heterocycles. The first-order valence-electron chi connectivity index (χ1n) is 15.6. The summed E-state index contributed by atoms with van der Waals surface area (Å²) in [5.74, 6) is -0.583. The van der Waals surface area contributed by atoms with Gasteiger partial charge in [-0.15, -0.1) is 0 Å². The Morgan fingerprint density at radius 1 is 0.959 bits per heavy atom. The molecule has 4 atom stereocenters. The van der Waals surface area contributed by atoms with Crippen molar-refractivity contribution in [1.82, 2.24) is 19.1 Å². The Morgan fingerprint density at radius 2 is 1.53 bits per heavy atom. The number of ether oxygens (including phenoxy) is 2. The summed E-state index contributed by atoms with van der Waals surface area (Å²) in [6.45, 7) is -0.428. The van der Waals surface area contributed by atoms with Gasteiger partial charge in [0.1, 0.15) is 18.8 Å². The molecule has 0 unspecified atom stereocenters. The summed E-state index contributed by atoms with van der Waals surface area (Å²) in [6, 6.07) is 27.3. The van der Waals surface area contributed by atoms with Crippen LogP contribution in [0.1, 0.15) is 29.3 Å². The van der Waals surface area contributed by atoms with E-state index >= 15 is 0 Å². The van der Waals surface area contributed by atoms with Gasteiger partial charge in [0.2, 0.25) is 5.95 Å². The number of fused-ring (bicyclic) bond motifs is 1. The van der Waals surface area contributed by atoms with Crippen molar-refractivity contribution in [3.05, 3.63) is 124 Å². The standard InChI is InChI=1S/C34H36N5O9P/c1-38-32(42)29-31(37-34(38)35)39(22-36-29)33-30(41)27(18-26(47-33)21-44-28(40)17-23-11-5-2-6-12-23)48-49(43,45-19-24-13-7-3-8-14-24)46-20-25-15-9-4-10-16-25/h2-16,22,26-27,30,33,41H,17-21H2,1H3,(H2,35,37)/t26-,27-,30+,33+/m0/s1. The quantitative estimate of drug-likeness (QED) is 0.134. The fourth-order valence-corrected chi connectivity index (χ4v) is 6.68. The number of nitrogen functional groups attached to an aromatic ring is 1. The molecule has 3 N–H and O–H groups in total. The Bertz CT molecular complexity index is 1930. The van der Waals surface area contributed by atoms with Gasteiger partial charge in [-0.25, -0.2) is 9.55 Å². The van der Waals surface area contributed by atoms with E-state index in [1.54, 1.807) is 24.3 Å². The number of aliphatic hydroxyl groups excluding tert-OH is 1. The van der Waals surface area contributed by atoms with Gasteiger partial charge >= 0.3 is 13.8 Å². The summed E-state index contributed by atoms with van der Waals surface area (Å²) in [7, 11) is -2.92. The molecule has 256 valence electrons. The van der Waals surface area contributed by atoms with E-state index in [0.717, 1.165) is 21.3 Å². The van der Waals surface area contributed by atoms with Gasteiger partial charge in [-0.05, 0) is 16.7 Å². The molecule has 1 aliphatic rings.